The summed E-state index contributed by atoms with van der Waals surface area (Å²) in [5, 5.41) is 13.3. The third-order valence-corrected chi connectivity index (χ3v) is 5.64. The highest BCUT2D eigenvalue weighted by Crippen LogP contribution is 2.36. The number of carbonyl (C=O) groups is 1. The van der Waals surface area contributed by atoms with Crippen LogP contribution < -0.4 is 14.8 Å². The summed E-state index contributed by atoms with van der Waals surface area (Å²) < 4.78 is 90.4. The van der Waals surface area contributed by atoms with Crippen LogP contribution in [0.2, 0.25) is 5.02 Å². The molecule has 0 saturated heterocycles. The molecule has 0 amide bonds. The molecule has 4 aromatic rings. The zero-order valence-electron chi connectivity index (χ0n) is 31.4. The van der Waals surface area contributed by atoms with Crippen LogP contribution in [0.1, 0.15) is 37.4 Å². The smallest absolute Gasteiger partial charge is 0.159 e. The number of benzene rings is 2. The Hall–Kier alpha value is -4.45. The molecule has 204 valence electrons. The molecular formula is C31H30ClN5O3. The number of aromatic nitrogens is 2. The van der Waals surface area contributed by atoms with Crippen LogP contribution in [0.5, 0.6) is 11.5 Å². The number of allylic oxidation sites excluding steroid dienone is 1. The minimum absolute atomic E-state index is 0.000424. The molecule has 0 bridgehead atoms. The van der Waals surface area contributed by atoms with Crippen molar-refractivity contribution >= 4 is 39.7 Å². The first kappa shape index (κ1) is 18.0. The Morgan fingerprint density at radius 3 is 2.83 bits per heavy atom. The van der Waals surface area contributed by atoms with Gasteiger partial charge in [-0.3, -0.25) is 14.8 Å². The molecule has 8 nitrogen and oxygen atoms in total. The van der Waals surface area contributed by atoms with E-state index >= 15 is 0 Å². The van der Waals surface area contributed by atoms with Crippen molar-refractivity contribution in [2.24, 2.45) is 0 Å². The highest BCUT2D eigenvalue weighted by molar-refractivity contribution is 6.32. The van der Waals surface area contributed by atoms with Gasteiger partial charge in [-0.05, 0) is 63.4 Å². The maximum atomic E-state index is 13.1. The van der Waals surface area contributed by atoms with E-state index in [1.54, 1.807) is 12.1 Å². The maximum Gasteiger partial charge on any atom is 0.159 e. The van der Waals surface area contributed by atoms with Gasteiger partial charge in [0.1, 0.15) is 24.1 Å². The molecule has 1 N–H and O–H groups in total. The lowest BCUT2D eigenvalue weighted by Gasteiger charge is -2.16. The first-order chi connectivity index (χ1) is 23.2. The Morgan fingerprint density at radius 2 is 2.10 bits per heavy atom. The number of carbonyl (C=O) groups excluding carboxylic acids is 1. The van der Waals surface area contributed by atoms with Gasteiger partial charge in [-0.2, -0.15) is 5.26 Å². The molecule has 2 aromatic heterocycles. The number of hydrogen-bond acceptors (Lipinski definition) is 8. The minimum Gasteiger partial charge on any atom is -0.494 e. The average molecular weight is 566 g/mol. The zero-order valence-corrected chi connectivity index (χ0v) is 22.2. The fourth-order valence-corrected chi connectivity index (χ4v) is 3.81. The molecule has 0 spiro atoms. The topological polar surface area (TPSA) is 100 Å². The van der Waals surface area contributed by atoms with Crippen molar-refractivity contribution < 1.29 is 28.0 Å². The quantitative estimate of drug-likeness (QED) is 0.205. The number of halogens is 1. The summed E-state index contributed by atoms with van der Waals surface area (Å²) in [6.45, 7) is -11.0. The molecule has 0 aliphatic carbocycles. The van der Waals surface area contributed by atoms with Crippen LogP contribution in [-0.4, -0.2) is 47.8 Å². The second-order valence-electron chi connectivity index (χ2n) is 8.47. The summed E-state index contributed by atoms with van der Waals surface area (Å²) in [6, 6.07) is 13.0. The summed E-state index contributed by atoms with van der Waals surface area (Å²) in [7, 11) is 2.78. The van der Waals surface area contributed by atoms with Crippen molar-refractivity contribution in [2.75, 3.05) is 32.5 Å². The largest absolute Gasteiger partial charge is 0.494 e. The highest BCUT2D eigenvalue weighted by atomic mass is 35.5. The monoisotopic (exact) mass is 565 g/mol. The molecule has 0 fully saturated rings. The van der Waals surface area contributed by atoms with Crippen molar-refractivity contribution in [1.29, 1.82) is 5.26 Å². The van der Waals surface area contributed by atoms with Crippen LogP contribution in [-0.2, 0) is 17.8 Å². The molecule has 0 atom stereocenters. The van der Waals surface area contributed by atoms with Crippen LogP contribution in [0, 0.1) is 11.3 Å². The van der Waals surface area contributed by atoms with Crippen LogP contribution >= 0.6 is 11.6 Å². The Morgan fingerprint density at radius 1 is 1.23 bits per heavy atom. The van der Waals surface area contributed by atoms with Gasteiger partial charge in [0, 0.05) is 54.9 Å². The molecule has 0 radical (unpaired) electrons. The molecule has 0 aliphatic heterocycles. The predicted octanol–water partition coefficient (Wildman–Crippen LogP) is 6.11. The van der Waals surface area contributed by atoms with Gasteiger partial charge in [0.05, 0.1) is 40.9 Å². The van der Waals surface area contributed by atoms with E-state index in [2.05, 4.69) is 15.3 Å². The molecule has 2 aromatic carbocycles. The van der Waals surface area contributed by atoms with Crippen molar-refractivity contribution in [3.8, 4) is 17.6 Å². The fraction of sp³-hybridized carbons (Fsp3) is 0.226. The van der Waals surface area contributed by atoms with Gasteiger partial charge < -0.3 is 19.7 Å². The summed E-state index contributed by atoms with van der Waals surface area (Å²) in [4.78, 5) is 22.5. The van der Waals surface area contributed by atoms with E-state index < -0.39 is 44.7 Å². The summed E-state index contributed by atoms with van der Waals surface area (Å²) in [6.07, 6.45) is 2.85. The summed E-state index contributed by atoms with van der Waals surface area (Å²) in [5.41, 5.74) is 0.644. The number of anilines is 2. The van der Waals surface area contributed by atoms with E-state index in [-0.39, 0.29) is 49.9 Å². The number of nitrogens with zero attached hydrogens (tertiary/aromatic N) is 4. The minimum atomic E-state index is -3.23. The SMILES string of the molecule is [2H]/C(=C\C(=O)Cc1cc2c(Nc3ccc(OC([2H])([2H])c4ccccn4)c(Cl)c3)c(C#N)cnc2cc1OC([2H])([2H])C([2H])([2H])[2H])C([2H])([2H])N(C)C. The van der Waals surface area contributed by atoms with Gasteiger partial charge >= 0.3 is 0 Å². The van der Waals surface area contributed by atoms with Crippen molar-refractivity contribution in [3.63, 3.8) is 0 Å². The number of ketones is 1. The molecule has 9 heteroatoms. The Kier molecular flexibility index (Phi) is 6.10. The number of nitriles is 1. The van der Waals surface area contributed by atoms with E-state index in [1.165, 1.54) is 62.9 Å². The maximum absolute atomic E-state index is 13.1. The van der Waals surface area contributed by atoms with Gasteiger partial charge in [0.25, 0.3) is 0 Å². The predicted molar refractivity (Wildman–Crippen MR) is 157 cm³/mol. The van der Waals surface area contributed by atoms with Gasteiger partial charge in [-0.25, -0.2) is 0 Å². The van der Waals surface area contributed by atoms with Gasteiger partial charge in [-0.1, -0.05) is 23.7 Å². The molecule has 0 saturated carbocycles. The first-order valence-electron chi connectivity index (χ1n) is 16.8. The van der Waals surface area contributed by atoms with Crippen LogP contribution in [0.4, 0.5) is 11.4 Å². The van der Waals surface area contributed by atoms with Gasteiger partial charge in [0.15, 0.2) is 5.78 Å². The average Bonchev–Trinajstić information content (AvgIpc) is 3.02. The Balaban J connectivity index is 1.78. The number of hydrogen-bond donors (Lipinski definition) is 1. The third-order valence-electron chi connectivity index (χ3n) is 5.35. The number of nitrogens with one attached hydrogen (secondary N) is 1. The fourth-order valence-electron chi connectivity index (χ4n) is 3.59. The van der Waals surface area contributed by atoms with Crippen molar-refractivity contribution in [1.82, 2.24) is 14.9 Å². The number of likely N-dealkylation sites (N-methyl/N-ethyl adjacent to an activating group) is 1. The normalized spacial score (nSPS) is 16.4. The van der Waals surface area contributed by atoms with Crippen LogP contribution in [0.15, 0.2) is 73.1 Å². The van der Waals surface area contributed by atoms with Gasteiger partial charge in [0.2, 0.25) is 0 Å². The molecule has 0 unspecified atom stereocenters. The van der Waals surface area contributed by atoms with E-state index in [9.17, 15) is 10.1 Å². The Bertz CT molecular complexity index is 1980. The zero-order chi connectivity index (χ0) is 37.2. The highest BCUT2D eigenvalue weighted by Gasteiger charge is 2.16. The number of fused-ring (bicyclic) bond motifs is 1. The van der Waals surface area contributed by atoms with Gasteiger partial charge in [-0.15, -0.1) is 0 Å². The second kappa shape index (κ2) is 13.6. The van der Waals surface area contributed by atoms with Crippen molar-refractivity contribution in [2.45, 2.75) is 19.8 Å². The molecule has 40 heavy (non-hydrogen) atoms. The lowest BCUT2D eigenvalue weighted by molar-refractivity contribution is -0.114. The first-order valence-corrected chi connectivity index (χ1v) is 12.1. The lowest BCUT2D eigenvalue weighted by Crippen LogP contribution is -2.11. The molecule has 2 heterocycles. The van der Waals surface area contributed by atoms with E-state index in [4.69, 9.17) is 34.8 Å². The standard InChI is InChI=1S/C31H30ClN5O3/c1-4-39-30-17-28-26(15-21(30)14-25(38)9-7-13-37(2)3)31(22(18-33)19-35-28)36-23-10-11-29(27(32)16-23)40-20-24-8-5-6-12-34-24/h5-12,15-17,19H,4,13-14,20H2,1-3H3,(H,35,36)/b9-7+/i1D3,4D2,7D,13D2,20D2. The third kappa shape index (κ3) is 7.35. The second-order valence-corrected chi connectivity index (χ2v) is 8.87. The number of pyridine rings is 2. The van der Waals surface area contributed by atoms with Crippen molar-refractivity contribution in [3.05, 3.63) is 94.9 Å². The van der Waals surface area contributed by atoms with Crippen LogP contribution in [0.3, 0.4) is 0 Å². The lowest BCUT2D eigenvalue weighted by atomic mass is 10.0. The molecule has 0 aliphatic rings. The Labute approximate surface area is 252 Å². The summed E-state index contributed by atoms with van der Waals surface area (Å²) >= 11 is 6.46. The van der Waals surface area contributed by atoms with E-state index in [0.717, 1.165) is 11.0 Å². The molecular weight excluding hydrogens is 526 g/mol. The van der Waals surface area contributed by atoms with Crippen LogP contribution in [0.25, 0.3) is 10.9 Å². The van der Waals surface area contributed by atoms with E-state index in [1.807, 2.05) is 6.07 Å². The summed E-state index contributed by atoms with van der Waals surface area (Å²) in [5.74, 6) is -1.12. The number of ether oxygens (including phenoxy) is 2. The molecule has 4 rings (SSSR count). The van der Waals surface area contributed by atoms with E-state index in [0.29, 0.717) is 5.69 Å². The number of rotatable bonds is 12.